The highest BCUT2D eigenvalue weighted by molar-refractivity contribution is 5.92. The summed E-state index contributed by atoms with van der Waals surface area (Å²) in [6.07, 6.45) is 2.97. The van der Waals surface area contributed by atoms with E-state index in [4.69, 9.17) is 4.74 Å². The Morgan fingerprint density at radius 2 is 2.15 bits per heavy atom. The lowest BCUT2D eigenvalue weighted by Gasteiger charge is -2.27. The number of nitrogens with one attached hydrogen (secondary N) is 1. The zero-order valence-corrected chi connectivity index (χ0v) is 11.1. The number of aromatic nitrogens is 1. The normalized spacial score (nSPS) is 17.4. The van der Waals surface area contributed by atoms with Crippen molar-refractivity contribution in [2.24, 2.45) is 11.8 Å². The number of amides is 1. The Labute approximate surface area is 117 Å². The van der Waals surface area contributed by atoms with Crippen molar-refractivity contribution in [2.45, 2.75) is 12.8 Å². The Morgan fingerprint density at radius 3 is 2.75 bits per heavy atom. The van der Waals surface area contributed by atoms with Crippen LogP contribution in [0.15, 0.2) is 24.4 Å². The third kappa shape index (κ3) is 3.77. The van der Waals surface area contributed by atoms with Crippen molar-refractivity contribution in [2.75, 3.05) is 19.8 Å². The summed E-state index contributed by atoms with van der Waals surface area (Å²) in [5, 5.41) is 12.0. The number of carbonyl (C=O) groups is 2. The summed E-state index contributed by atoms with van der Waals surface area (Å²) in [4.78, 5) is 27.1. The van der Waals surface area contributed by atoms with Gasteiger partial charge in [0, 0.05) is 26.0 Å². The predicted octanol–water partition coefficient (Wildman–Crippen LogP) is 0.939. The summed E-state index contributed by atoms with van der Waals surface area (Å²) in [7, 11) is 0. The molecule has 6 nitrogen and oxygen atoms in total. The maximum absolute atomic E-state index is 11.9. The van der Waals surface area contributed by atoms with Crippen LogP contribution in [-0.4, -0.2) is 41.7 Å². The second-order valence-corrected chi connectivity index (χ2v) is 4.82. The zero-order chi connectivity index (χ0) is 14.4. The van der Waals surface area contributed by atoms with Gasteiger partial charge in [-0.15, -0.1) is 0 Å². The molecule has 0 spiro atoms. The van der Waals surface area contributed by atoms with Crippen molar-refractivity contribution in [3.8, 4) is 0 Å². The molecule has 1 aromatic rings. The molecule has 0 aliphatic carbocycles. The third-order valence-corrected chi connectivity index (χ3v) is 3.53. The fourth-order valence-electron chi connectivity index (χ4n) is 2.36. The number of hydrogen-bond donors (Lipinski definition) is 2. The van der Waals surface area contributed by atoms with Gasteiger partial charge in [-0.05, 0) is 30.9 Å². The van der Waals surface area contributed by atoms with Crippen LogP contribution in [0.4, 0.5) is 0 Å². The van der Waals surface area contributed by atoms with Gasteiger partial charge in [0.2, 0.25) is 0 Å². The van der Waals surface area contributed by atoms with Crippen molar-refractivity contribution in [1.29, 1.82) is 0 Å². The zero-order valence-electron chi connectivity index (χ0n) is 11.1. The minimum Gasteiger partial charge on any atom is -0.481 e. The number of carboxylic acid groups (broad SMARTS) is 1. The van der Waals surface area contributed by atoms with Crippen molar-refractivity contribution >= 4 is 11.9 Å². The molecule has 2 rings (SSSR count). The molecule has 0 radical (unpaired) electrons. The molecule has 6 heteroatoms. The van der Waals surface area contributed by atoms with Gasteiger partial charge in [-0.1, -0.05) is 6.07 Å². The molecule has 1 fully saturated rings. The molecule has 1 unspecified atom stereocenters. The van der Waals surface area contributed by atoms with Gasteiger partial charge in [0.15, 0.2) is 0 Å². The minimum atomic E-state index is -0.877. The first-order valence-electron chi connectivity index (χ1n) is 6.68. The maximum Gasteiger partial charge on any atom is 0.308 e. The van der Waals surface area contributed by atoms with E-state index in [9.17, 15) is 14.7 Å². The molecule has 0 bridgehead atoms. The second-order valence-electron chi connectivity index (χ2n) is 4.82. The van der Waals surface area contributed by atoms with Crippen LogP contribution in [0.1, 0.15) is 23.3 Å². The lowest BCUT2D eigenvalue weighted by molar-refractivity contribution is -0.144. The molecule has 2 N–H and O–H groups in total. The molecular weight excluding hydrogens is 260 g/mol. The van der Waals surface area contributed by atoms with E-state index in [2.05, 4.69) is 10.3 Å². The summed E-state index contributed by atoms with van der Waals surface area (Å²) in [5.74, 6) is -1.75. The summed E-state index contributed by atoms with van der Waals surface area (Å²) in [6.45, 7) is 1.29. The average Bonchev–Trinajstić information content (AvgIpc) is 2.49. The molecule has 1 aliphatic heterocycles. The number of rotatable bonds is 5. The van der Waals surface area contributed by atoms with Gasteiger partial charge in [0.05, 0.1) is 5.92 Å². The maximum atomic E-state index is 11.9. The van der Waals surface area contributed by atoms with Crippen molar-refractivity contribution in [3.05, 3.63) is 30.1 Å². The first-order valence-corrected chi connectivity index (χ1v) is 6.68. The molecule has 0 aromatic carbocycles. The highest BCUT2D eigenvalue weighted by Gasteiger charge is 2.30. The van der Waals surface area contributed by atoms with Gasteiger partial charge in [0.1, 0.15) is 5.69 Å². The third-order valence-electron chi connectivity index (χ3n) is 3.53. The number of carbonyl (C=O) groups excluding carboxylic acids is 1. The van der Waals surface area contributed by atoms with Crippen molar-refractivity contribution in [3.63, 3.8) is 0 Å². The summed E-state index contributed by atoms with van der Waals surface area (Å²) in [5.41, 5.74) is 0.295. The van der Waals surface area contributed by atoms with Crippen LogP contribution in [-0.2, 0) is 9.53 Å². The number of nitrogens with zero attached hydrogens (tertiary/aromatic N) is 1. The lowest BCUT2D eigenvalue weighted by Crippen LogP contribution is -2.39. The number of ether oxygens (including phenoxy) is 1. The van der Waals surface area contributed by atoms with E-state index < -0.39 is 11.9 Å². The van der Waals surface area contributed by atoms with E-state index in [0.717, 1.165) is 12.8 Å². The van der Waals surface area contributed by atoms with Crippen molar-refractivity contribution < 1.29 is 19.4 Å². The summed E-state index contributed by atoms with van der Waals surface area (Å²) >= 11 is 0. The molecular formula is C14H18N2O4. The molecule has 20 heavy (non-hydrogen) atoms. The number of pyridine rings is 1. The standard InChI is InChI=1S/C14H18N2O4/c17-13(12-3-1-2-6-15-12)16-9-11(14(18)19)10-4-7-20-8-5-10/h1-3,6,10-11H,4-5,7-9H2,(H,16,17)(H,18,19). The largest absolute Gasteiger partial charge is 0.481 e. The fourth-order valence-corrected chi connectivity index (χ4v) is 2.36. The van der Waals surface area contributed by atoms with Gasteiger partial charge < -0.3 is 15.2 Å². The predicted molar refractivity (Wildman–Crippen MR) is 71.2 cm³/mol. The quantitative estimate of drug-likeness (QED) is 0.836. The number of carboxylic acids is 1. The first kappa shape index (κ1) is 14.5. The minimum absolute atomic E-state index is 0.0466. The Balaban J connectivity index is 1.92. The van der Waals surface area contributed by atoms with Crippen LogP contribution in [0.3, 0.4) is 0 Å². The van der Waals surface area contributed by atoms with Gasteiger partial charge in [-0.2, -0.15) is 0 Å². The summed E-state index contributed by atoms with van der Waals surface area (Å²) < 4.78 is 5.23. The molecule has 1 aliphatic rings. The molecule has 0 saturated carbocycles. The Morgan fingerprint density at radius 1 is 1.40 bits per heavy atom. The fraction of sp³-hybridized carbons (Fsp3) is 0.500. The van der Waals surface area contributed by atoms with E-state index in [0.29, 0.717) is 18.9 Å². The van der Waals surface area contributed by atoms with Crippen LogP contribution in [0.25, 0.3) is 0 Å². The number of hydrogen-bond acceptors (Lipinski definition) is 4. The molecule has 1 saturated heterocycles. The summed E-state index contributed by atoms with van der Waals surface area (Å²) in [6, 6.07) is 5.04. The van der Waals surface area contributed by atoms with Gasteiger partial charge in [-0.25, -0.2) is 0 Å². The van der Waals surface area contributed by atoms with Crippen LogP contribution >= 0.6 is 0 Å². The van der Waals surface area contributed by atoms with E-state index in [1.165, 1.54) is 6.20 Å². The van der Waals surface area contributed by atoms with Crippen LogP contribution in [0.5, 0.6) is 0 Å². The topological polar surface area (TPSA) is 88.5 Å². The molecule has 1 aromatic heterocycles. The van der Waals surface area contributed by atoms with E-state index >= 15 is 0 Å². The highest BCUT2D eigenvalue weighted by atomic mass is 16.5. The molecule has 1 atom stereocenters. The Hall–Kier alpha value is -1.95. The second kappa shape index (κ2) is 7.00. The van der Waals surface area contributed by atoms with Crippen LogP contribution in [0, 0.1) is 11.8 Å². The lowest BCUT2D eigenvalue weighted by atomic mass is 9.86. The SMILES string of the molecule is O=C(NCC(C(=O)O)C1CCOCC1)c1ccccn1. The molecule has 1 amide bonds. The van der Waals surface area contributed by atoms with Crippen molar-refractivity contribution in [1.82, 2.24) is 10.3 Å². The number of aliphatic carboxylic acids is 1. The Kier molecular flexibility index (Phi) is 5.06. The van der Waals surface area contributed by atoms with Crippen LogP contribution in [0.2, 0.25) is 0 Å². The van der Waals surface area contributed by atoms with E-state index in [1.54, 1.807) is 18.2 Å². The average molecular weight is 278 g/mol. The van der Waals surface area contributed by atoms with E-state index in [1.807, 2.05) is 0 Å². The molecule has 2 heterocycles. The first-order chi connectivity index (χ1) is 9.68. The van der Waals surface area contributed by atoms with Gasteiger partial charge in [-0.3, -0.25) is 14.6 Å². The highest BCUT2D eigenvalue weighted by Crippen LogP contribution is 2.23. The monoisotopic (exact) mass is 278 g/mol. The molecule has 108 valence electrons. The van der Waals surface area contributed by atoms with E-state index in [-0.39, 0.29) is 18.4 Å². The van der Waals surface area contributed by atoms with Gasteiger partial charge in [0.25, 0.3) is 5.91 Å². The van der Waals surface area contributed by atoms with Gasteiger partial charge >= 0.3 is 5.97 Å². The smallest absolute Gasteiger partial charge is 0.308 e. The van der Waals surface area contributed by atoms with Crippen LogP contribution < -0.4 is 5.32 Å². The Bertz CT molecular complexity index is 458.